The Morgan fingerprint density at radius 2 is 2.10 bits per heavy atom. The van der Waals surface area contributed by atoms with E-state index in [1.54, 1.807) is 29.3 Å². The first-order valence-electron chi connectivity index (χ1n) is 9.80. The second kappa shape index (κ2) is 7.29. The fraction of sp³-hybridized carbons (Fsp3) is 0.450. The topological polar surface area (TPSA) is 93.8 Å². The van der Waals surface area contributed by atoms with Crippen LogP contribution in [0.5, 0.6) is 0 Å². The minimum atomic E-state index is -3.20. The second-order valence-electron chi connectivity index (χ2n) is 7.61. The van der Waals surface area contributed by atoms with Crippen LogP contribution in [0.25, 0.3) is 16.7 Å². The molecule has 0 spiro atoms. The highest BCUT2D eigenvalue weighted by molar-refractivity contribution is 7.91. The van der Waals surface area contributed by atoms with Gasteiger partial charge in [-0.3, -0.25) is 14.0 Å². The van der Waals surface area contributed by atoms with Gasteiger partial charge in [0.1, 0.15) is 17.0 Å². The van der Waals surface area contributed by atoms with E-state index in [0.29, 0.717) is 41.9 Å². The summed E-state index contributed by atoms with van der Waals surface area (Å²) in [6, 6.07) is 6.94. The Morgan fingerprint density at radius 1 is 1.31 bits per heavy atom. The third-order valence-electron chi connectivity index (χ3n) is 5.57. The van der Waals surface area contributed by atoms with Crippen LogP contribution in [-0.2, 0) is 16.4 Å². The van der Waals surface area contributed by atoms with Gasteiger partial charge in [-0.2, -0.15) is 0 Å². The predicted molar refractivity (Wildman–Crippen MR) is 111 cm³/mol. The number of aryl methyl sites for hydroxylation is 1. The zero-order valence-electron chi connectivity index (χ0n) is 16.5. The number of fused-ring (bicyclic) bond motifs is 2. The number of aromatic nitrogens is 3. The van der Waals surface area contributed by atoms with Crippen LogP contribution in [0.3, 0.4) is 0 Å². The average Bonchev–Trinajstić information content (AvgIpc) is 3.32. The van der Waals surface area contributed by atoms with Gasteiger partial charge in [0.2, 0.25) is 0 Å². The van der Waals surface area contributed by atoms with Crippen LogP contribution in [-0.4, -0.2) is 57.8 Å². The van der Waals surface area contributed by atoms with E-state index in [1.807, 2.05) is 10.6 Å². The lowest BCUT2D eigenvalue weighted by atomic mass is 10.3. The minimum Gasteiger partial charge on any atom is -0.336 e. The molecule has 0 aromatic carbocycles. The number of nitrogens with zero attached hydrogens (tertiary/aromatic N) is 4. The molecule has 9 heteroatoms. The fourth-order valence-electron chi connectivity index (χ4n) is 3.90. The molecule has 1 aliphatic rings. The summed E-state index contributed by atoms with van der Waals surface area (Å²) in [4.78, 5) is 32.4. The number of hydrogen-bond donors (Lipinski definition) is 0. The molecule has 0 bridgehead atoms. The van der Waals surface area contributed by atoms with E-state index < -0.39 is 15.1 Å². The van der Waals surface area contributed by atoms with Gasteiger partial charge in [-0.1, -0.05) is 19.4 Å². The van der Waals surface area contributed by atoms with Crippen molar-refractivity contribution >= 4 is 32.4 Å². The molecule has 0 N–H and O–H groups in total. The molecule has 8 nitrogen and oxygen atoms in total. The van der Waals surface area contributed by atoms with Crippen LogP contribution in [0.2, 0.25) is 0 Å². The van der Waals surface area contributed by atoms with Crippen LogP contribution in [0.4, 0.5) is 0 Å². The normalized spacial score (nSPS) is 17.4. The maximum Gasteiger partial charge on any atom is 0.270 e. The number of rotatable bonds is 5. The van der Waals surface area contributed by atoms with E-state index >= 15 is 0 Å². The molecule has 4 rings (SSSR count). The van der Waals surface area contributed by atoms with Crippen LogP contribution in [0, 0.1) is 0 Å². The Kier molecular flexibility index (Phi) is 4.94. The molecule has 0 radical (unpaired) electrons. The molecule has 3 aromatic rings. The lowest BCUT2D eigenvalue weighted by Gasteiger charge is -2.18. The number of sulfone groups is 1. The van der Waals surface area contributed by atoms with Crippen molar-refractivity contribution < 1.29 is 13.2 Å². The van der Waals surface area contributed by atoms with Crippen LogP contribution in [0.15, 0.2) is 35.3 Å². The highest BCUT2D eigenvalue weighted by Gasteiger charge is 2.34. The maximum atomic E-state index is 13.3. The lowest BCUT2D eigenvalue weighted by Crippen LogP contribution is -2.33. The van der Waals surface area contributed by atoms with Gasteiger partial charge in [-0.05, 0) is 31.0 Å². The highest BCUT2D eigenvalue weighted by atomic mass is 32.2. The number of likely N-dealkylation sites (tertiary alicyclic amines) is 1. The molecule has 0 saturated carbocycles. The summed E-state index contributed by atoms with van der Waals surface area (Å²) in [6.07, 6.45) is 5.07. The fourth-order valence-corrected chi connectivity index (χ4v) is 4.88. The molecule has 1 atom stereocenters. The van der Waals surface area contributed by atoms with E-state index in [1.165, 1.54) is 10.7 Å². The molecule has 3 aromatic heterocycles. The van der Waals surface area contributed by atoms with Crippen LogP contribution < -0.4 is 5.56 Å². The first-order chi connectivity index (χ1) is 13.8. The standard InChI is InChI=1S/C20H24N4O4S/c1-3-4-9-23-16(20(26)22-11-8-14(13-22)29(2,27)28)12-15-18(23)21-17-7-5-6-10-24(17)19(15)25/h5-7,10,12,14H,3-4,8-9,11,13H2,1-2H3. The summed E-state index contributed by atoms with van der Waals surface area (Å²) in [6.45, 7) is 3.20. The molecule has 154 valence electrons. The third kappa shape index (κ3) is 3.43. The number of unbranched alkanes of at least 4 members (excludes halogenated alkanes) is 1. The first kappa shape index (κ1) is 19.6. The van der Waals surface area contributed by atoms with E-state index in [-0.39, 0.29) is 18.0 Å². The summed E-state index contributed by atoms with van der Waals surface area (Å²) in [5.41, 5.74) is 1.20. The van der Waals surface area contributed by atoms with Crippen molar-refractivity contribution in [3.63, 3.8) is 0 Å². The van der Waals surface area contributed by atoms with Crippen LogP contribution >= 0.6 is 0 Å². The number of hydrogen-bond acceptors (Lipinski definition) is 5. The summed E-state index contributed by atoms with van der Waals surface area (Å²) in [5.74, 6) is -0.251. The SMILES string of the molecule is CCCCn1c(C(=O)N2CCC(S(C)(=O)=O)C2)cc2c(=O)n3ccccc3nc21. The van der Waals surface area contributed by atoms with Crippen molar-refractivity contribution in [2.75, 3.05) is 19.3 Å². The molecule has 1 saturated heterocycles. The molecule has 1 amide bonds. The lowest BCUT2D eigenvalue weighted by molar-refractivity contribution is 0.0782. The highest BCUT2D eigenvalue weighted by Crippen LogP contribution is 2.23. The molecular formula is C20H24N4O4S. The van der Waals surface area contributed by atoms with Crippen LogP contribution in [0.1, 0.15) is 36.7 Å². The van der Waals surface area contributed by atoms with Gasteiger partial charge in [0.05, 0.1) is 10.6 Å². The van der Waals surface area contributed by atoms with Gasteiger partial charge < -0.3 is 9.47 Å². The average molecular weight is 417 g/mol. The Balaban J connectivity index is 1.83. The van der Waals surface area contributed by atoms with E-state index in [9.17, 15) is 18.0 Å². The smallest absolute Gasteiger partial charge is 0.270 e. The third-order valence-corrected chi connectivity index (χ3v) is 7.16. The van der Waals surface area contributed by atoms with Crippen molar-refractivity contribution in [2.24, 2.45) is 0 Å². The van der Waals surface area contributed by atoms with E-state index in [2.05, 4.69) is 11.9 Å². The quantitative estimate of drug-likeness (QED) is 0.631. The van der Waals surface area contributed by atoms with Gasteiger partial charge in [0.15, 0.2) is 9.84 Å². The molecule has 1 unspecified atom stereocenters. The zero-order valence-corrected chi connectivity index (χ0v) is 17.4. The first-order valence-corrected chi connectivity index (χ1v) is 11.8. The van der Waals surface area contributed by atoms with Crippen molar-refractivity contribution in [1.82, 2.24) is 18.9 Å². The molecule has 1 fully saturated rings. The molecule has 29 heavy (non-hydrogen) atoms. The monoisotopic (exact) mass is 416 g/mol. The van der Waals surface area contributed by atoms with Gasteiger partial charge in [0.25, 0.3) is 11.5 Å². The summed E-state index contributed by atoms with van der Waals surface area (Å²) in [7, 11) is -3.20. The largest absolute Gasteiger partial charge is 0.336 e. The molecular weight excluding hydrogens is 392 g/mol. The Labute approximate surface area is 168 Å². The minimum absolute atomic E-state index is 0.182. The summed E-state index contributed by atoms with van der Waals surface area (Å²) >= 11 is 0. The Hall–Kier alpha value is -2.68. The van der Waals surface area contributed by atoms with E-state index in [0.717, 1.165) is 12.8 Å². The number of carbonyl (C=O) groups is 1. The van der Waals surface area contributed by atoms with Crippen molar-refractivity contribution in [2.45, 2.75) is 38.0 Å². The zero-order chi connectivity index (χ0) is 20.8. The van der Waals surface area contributed by atoms with Crippen molar-refractivity contribution in [3.8, 4) is 0 Å². The number of amides is 1. The van der Waals surface area contributed by atoms with Gasteiger partial charge in [-0.25, -0.2) is 13.4 Å². The summed E-state index contributed by atoms with van der Waals surface area (Å²) < 4.78 is 27.0. The summed E-state index contributed by atoms with van der Waals surface area (Å²) in [5, 5.41) is -0.140. The van der Waals surface area contributed by atoms with E-state index in [4.69, 9.17) is 0 Å². The number of pyridine rings is 1. The van der Waals surface area contributed by atoms with Gasteiger partial charge in [0, 0.05) is 32.1 Å². The molecule has 0 aliphatic carbocycles. The van der Waals surface area contributed by atoms with Crippen molar-refractivity contribution in [1.29, 1.82) is 0 Å². The predicted octanol–water partition coefficient (Wildman–Crippen LogP) is 1.71. The van der Waals surface area contributed by atoms with Gasteiger partial charge >= 0.3 is 0 Å². The molecule has 1 aliphatic heterocycles. The maximum absolute atomic E-state index is 13.3. The Morgan fingerprint density at radius 3 is 2.79 bits per heavy atom. The van der Waals surface area contributed by atoms with Gasteiger partial charge in [-0.15, -0.1) is 0 Å². The molecule has 4 heterocycles. The number of carbonyl (C=O) groups excluding carboxylic acids is 1. The second-order valence-corrected chi connectivity index (χ2v) is 9.93. The Bertz CT molecular complexity index is 1260. The van der Waals surface area contributed by atoms with Crippen molar-refractivity contribution in [3.05, 3.63) is 46.5 Å².